The van der Waals surface area contributed by atoms with Crippen LogP contribution in [0.5, 0.6) is 0 Å². The van der Waals surface area contributed by atoms with Gasteiger partial charge in [-0.2, -0.15) is 0 Å². The third-order valence-corrected chi connectivity index (χ3v) is 1.81. The van der Waals surface area contributed by atoms with Gasteiger partial charge in [0, 0.05) is 13.2 Å². The predicted molar refractivity (Wildman–Crippen MR) is 55.8 cm³/mol. The number of rotatable bonds is 9. The van der Waals surface area contributed by atoms with Crippen molar-refractivity contribution in [2.75, 3.05) is 19.8 Å². The minimum absolute atomic E-state index is 0.320. The van der Waals surface area contributed by atoms with E-state index in [1.165, 1.54) is 0 Å². The third-order valence-electron chi connectivity index (χ3n) is 1.81. The molecule has 0 unspecified atom stereocenters. The second-order valence-corrected chi connectivity index (χ2v) is 3.09. The van der Waals surface area contributed by atoms with Crippen LogP contribution in [0.2, 0.25) is 0 Å². The standard InChI is InChI=1S/C11H22O2/c1-2-3-7-10-13-11-8-5-4-6-9-12/h3,7,12H,2,4-6,8-11H2,1H3/b7-3+. The number of allylic oxidation sites excluding steroid dienone is 1. The Bertz CT molecular complexity index is 111. The quantitative estimate of drug-likeness (QED) is 0.443. The molecule has 78 valence electrons. The van der Waals surface area contributed by atoms with Gasteiger partial charge in [0.15, 0.2) is 0 Å². The maximum atomic E-state index is 8.53. The highest BCUT2D eigenvalue weighted by Crippen LogP contribution is 1.99. The van der Waals surface area contributed by atoms with Crippen molar-refractivity contribution in [2.24, 2.45) is 0 Å². The van der Waals surface area contributed by atoms with Crippen LogP contribution >= 0.6 is 0 Å². The predicted octanol–water partition coefficient (Wildman–Crippen LogP) is 2.52. The van der Waals surface area contributed by atoms with Gasteiger partial charge in [-0.3, -0.25) is 0 Å². The molecule has 0 rings (SSSR count). The average Bonchev–Trinajstić information content (AvgIpc) is 2.16. The summed E-state index contributed by atoms with van der Waals surface area (Å²) in [6.45, 7) is 4.03. The normalized spacial score (nSPS) is 11.2. The zero-order chi connectivity index (χ0) is 9.78. The minimum atomic E-state index is 0.320. The molecule has 0 radical (unpaired) electrons. The molecule has 0 aromatic carbocycles. The fourth-order valence-corrected chi connectivity index (χ4v) is 1.06. The van der Waals surface area contributed by atoms with Crippen LogP contribution in [0, 0.1) is 0 Å². The van der Waals surface area contributed by atoms with Gasteiger partial charge in [0.25, 0.3) is 0 Å². The monoisotopic (exact) mass is 186 g/mol. The number of aliphatic hydroxyl groups is 1. The van der Waals surface area contributed by atoms with E-state index < -0.39 is 0 Å². The first-order valence-electron chi connectivity index (χ1n) is 5.25. The Morgan fingerprint density at radius 1 is 1.08 bits per heavy atom. The first kappa shape index (κ1) is 12.7. The van der Waals surface area contributed by atoms with Crippen molar-refractivity contribution < 1.29 is 9.84 Å². The number of aliphatic hydroxyl groups excluding tert-OH is 1. The Balaban J connectivity index is 2.87. The lowest BCUT2D eigenvalue weighted by Gasteiger charge is -2.00. The molecule has 0 saturated heterocycles. The van der Waals surface area contributed by atoms with Crippen LogP contribution in [-0.2, 0) is 4.74 Å². The molecule has 0 aliphatic rings. The van der Waals surface area contributed by atoms with Gasteiger partial charge in [-0.1, -0.05) is 31.9 Å². The highest BCUT2D eigenvalue weighted by atomic mass is 16.5. The van der Waals surface area contributed by atoms with Crippen LogP contribution in [0.3, 0.4) is 0 Å². The van der Waals surface area contributed by atoms with E-state index in [-0.39, 0.29) is 0 Å². The molecule has 2 nitrogen and oxygen atoms in total. The summed E-state index contributed by atoms with van der Waals surface area (Å²) < 4.78 is 5.37. The van der Waals surface area contributed by atoms with Crippen molar-refractivity contribution in [3.8, 4) is 0 Å². The first-order valence-corrected chi connectivity index (χ1v) is 5.25. The maximum absolute atomic E-state index is 8.53. The molecule has 0 atom stereocenters. The van der Waals surface area contributed by atoms with E-state index in [0.29, 0.717) is 6.61 Å². The van der Waals surface area contributed by atoms with E-state index in [9.17, 15) is 0 Å². The van der Waals surface area contributed by atoms with E-state index in [4.69, 9.17) is 9.84 Å². The molecule has 0 spiro atoms. The Kier molecular flexibility index (Phi) is 11.4. The average molecular weight is 186 g/mol. The molecule has 0 heterocycles. The lowest BCUT2D eigenvalue weighted by molar-refractivity contribution is 0.156. The van der Waals surface area contributed by atoms with E-state index in [0.717, 1.165) is 45.3 Å². The van der Waals surface area contributed by atoms with E-state index in [1.54, 1.807) is 0 Å². The SMILES string of the molecule is CC/C=C/COCCCCCCO. The number of hydrogen-bond acceptors (Lipinski definition) is 2. The Morgan fingerprint density at radius 2 is 1.85 bits per heavy atom. The van der Waals surface area contributed by atoms with Crippen LogP contribution in [0.15, 0.2) is 12.2 Å². The van der Waals surface area contributed by atoms with Gasteiger partial charge in [0.2, 0.25) is 0 Å². The van der Waals surface area contributed by atoms with E-state index in [1.807, 2.05) is 0 Å². The molecular formula is C11H22O2. The van der Waals surface area contributed by atoms with Gasteiger partial charge in [0.1, 0.15) is 0 Å². The van der Waals surface area contributed by atoms with Gasteiger partial charge in [-0.05, 0) is 19.3 Å². The van der Waals surface area contributed by atoms with Gasteiger partial charge >= 0.3 is 0 Å². The summed E-state index contributed by atoms with van der Waals surface area (Å²) in [5.74, 6) is 0. The molecule has 0 aromatic heterocycles. The molecule has 0 fully saturated rings. The Labute approximate surface area is 81.6 Å². The van der Waals surface area contributed by atoms with Crippen molar-refractivity contribution in [3.05, 3.63) is 12.2 Å². The van der Waals surface area contributed by atoms with Crippen molar-refractivity contribution in [2.45, 2.75) is 39.0 Å². The molecule has 0 aromatic rings. The maximum Gasteiger partial charge on any atom is 0.0647 e. The van der Waals surface area contributed by atoms with Crippen LogP contribution in [0.4, 0.5) is 0 Å². The van der Waals surface area contributed by atoms with Crippen molar-refractivity contribution >= 4 is 0 Å². The Hall–Kier alpha value is -0.340. The van der Waals surface area contributed by atoms with E-state index >= 15 is 0 Å². The summed E-state index contributed by atoms with van der Waals surface area (Å²) >= 11 is 0. The molecular weight excluding hydrogens is 164 g/mol. The fraction of sp³-hybridized carbons (Fsp3) is 0.818. The molecule has 1 N–H and O–H groups in total. The zero-order valence-corrected chi connectivity index (χ0v) is 8.67. The first-order chi connectivity index (χ1) is 6.41. The van der Waals surface area contributed by atoms with Crippen molar-refractivity contribution in [1.29, 1.82) is 0 Å². The third kappa shape index (κ3) is 11.7. The summed E-state index contributed by atoms with van der Waals surface area (Å²) in [4.78, 5) is 0. The summed E-state index contributed by atoms with van der Waals surface area (Å²) in [6.07, 6.45) is 9.58. The van der Waals surface area contributed by atoms with Crippen LogP contribution < -0.4 is 0 Å². The summed E-state index contributed by atoms with van der Waals surface area (Å²) in [5.41, 5.74) is 0. The summed E-state index contributed by atoms with van der Waals surface area (Å²) in [5, 5.41) is 8.53. The largest absolute Gasteiger partial charge is 0.396 e. The van der Waals surface area contributed by atoms with Crippen molar-refractivity contribution in [3.63, 3.8) is 0 Å². The molecule has 0 aliphatic carbocycles. The minimum Gasteiger partial charge on any atom is -0.396 e. The van der Waals surface area contributed by atoms with Gasteiger partial charge in [-0.25, -0.2) is 0 Å². The number of ether oxygens (including phenoxy) is 1. The fourth-order valence-electron chi connectivity index (χ4n) is 1.06. The zero-order valence-electron chi connectivity index (χ0n) is 8.67. The molecule has 13 heavy (non-hydrogen) atoms. The van der Waals surface area contributed by atoms with E-state index in [2.05, 4.69) is 19.1 Å². The van der Waals surface area contributed by atoms with Crippen LogP contribution in [-0.4, -0.2) is 24.9 Å². The van der Waals surface area contributed by atoms with Crippen LogP contribution in [0.1, 0.15) is 39.0 Å². The highest BCUT2D eigenvalue weighted by Gasteiger charge is 1.88. The highest BCUT2D eigenvalue weighted by molar-refractivity contribution is 4.79. The number of unbranched alkanes of at least 4 members (excludes halogenated alkanes) is 3. The smallest absolute Gasteiger partial charge is 0.0647 e. The molecule has 0 aliphatic heterocycles. The topological polar surface area (TPSA) is 29.5 Å². The lowest BCUT2D eigenvalue weighted by Crippen LogP contribution is -1.94. The van der Waals surface area contributed by atoms with Gasteiger partial charge in [0.05, 0.1) is 6.61 Å². The van der Waals surface area contributed by atoms with Gasteiger partial charge < -0.3 is 9.84 Å². The molecule has 0 amide bonds. The molecule has 0 bridgehead atoms. The summed E-state index contributed by atoms with van der Waals surface area (Å²) in [7, 11) is 0. The number of hydrogen-bond donors (Lipinski definition) is 1. The summed E-state index contributed by atoms with van der Waals surface area (Å²) in [6, 6.07) is 0. The lowest BCUT2D eigenvalue weighted by atomic mass is 10.2. The second kappa shape index (κ2) is 11.7. The molecule has 0 saturated carbocycles. The van der Waals surface area contributed by atoms with Gasteiger partial charge in [-0.15, -0.1) is 0 Å². The Morgan fingerprint density at radius 3 is 2.54 bits per heavy atom. The molecule has 2 heteroatoms. The van der Waals surface area contributed by atoms with Crippen molar-refractivity contribution in [1.82, 2.24) is 0 Å². The second-order valence-electron chi connectivity index (χ2n) is 3.09. The van der Waals surface area contributed by atoms with Crippen LogP contribution in [0.25, 0.3) is 0 Å².